The molecular weight excluding hydrogens is 512 g/mol. The molecule has 1 aliphatic rings. The molecule has 2 aromatic heterocycles. The van der Waals surface area contributed by atoms with E-state index in [1.165, 1.54) is 0 Å². The predicted octanol–water partition coefficient (Wildman–Crippen LogP) is 6.16. The van der Waals surface area contributed by atoms with Crippen molar-refractivity contribution in [2.24, 2.45) is 5.92 Å². The normalized spacial score (nSPS) is 15.4. The maximum absolute atomic E-state index is 13.7. The zero-order chi connectivity index (χ0) is 26.8. The number of aryl methyl sites for hydroxylation is 2. The van der Waals surface area contributed by atoms with Crippen molar-refractivity contribution < 1.29 is 9.59 Å². The van der Waals surface area contributed by atoms with Crippen LogP contribution in [0.25, 0.3) is 16.9 Å². The number of nitrogens with zero attached hydrogens (tertiary/aromatic N) is 3. The van der Waals surface area contributed by atoms with Gasteiger partial charge in [-0.25, -0.2) is 4.68 Å². The van der Waals surface area contributed by atoms with Crippen LogP contribution in [0.1, 0.15) is 40.7 Å². The van der Waals surface area contributed by atoms with E-state index >= 15 is 0 Å². The van der Waals surface area contributed by atoms with E-state index in [1.54, 1.807) is 28.0 Å². The van der Waals surface area contributed by atoms with Crippen LogP contribution < -0.4 is 10.2 Å². The Kier molecular flexibility index (Phi) is 7.72. The highest BCUT2D eigenvalue weighted by Crippen LogP contribution is 2.49. The molecule has 0 saturated heterocycles. The van der Waals surface area contributed by atoms with Crippen LogP contribution in [0.3, 0.4) is 0 Å². The van der Waals surface area contributed by atoms with Gasteiger partial charge in [0.05, 0.1) is 22.4 Å². The number of anilines is 1. The molecule has 8 heteroatoms. The van der Waals surface area contributed by atoms with Crippen molar-refractivity contribution in [3.05, 3.63) is 87.6 Å². The second kappa shape index (κ2) is 11.2. The van der Waals surface area contributed by atoms with Gasteiger partial charge in [0.15, 0.2) is 0 Å². The summed E-state index contributed by atoms with van der Waals surface area (Å²) in [5.74, 6) is 0.991. The number of hydrogen-bond donors (Lipinski definition) is 1. The van der Waals surface area contributed by atoms with Crippen LogP contribution in [0.2, 0.25) is 0 Å². The van der Waals surface area contributed by atoms with Crippen molar-refractivity contribution >= 4 is 40.7 Å². The molecule has 0 fully saturated rings. The Hall–Kier alpha value is -3.36. The molecule has 1 N–H and O–H groups in total. The average Bonchev–Trinajstić information content (AvgIpc) is 3.53. The van der Waals surface area contributed by atoms with Crippen molar-refractivity contribution in [1.82, 2.24) is 15.1 Å². The fraction of sp³-hybridized carbons (Fsp3) is 0.300. The lowest BCUT2D eigenvalue weighted by atomic mass is 10.0. The molecule has 0 spiro atoms. The molecule has 38 heavy (non-hydrogen) atoms. The molecule has 4 aromatic rings. The Morgan fingerprint density at radius 1 is 1.11 bits per heavy atom. The van der Waals surface area contributed by atoms with Crippen LogP contribution >= 0.6 is 23.1 Å². The highest BCUT2D eigenvalue weighted by Gasteiger charge is 2.38. The summed E-state index contributed by atoms with van der Waals surface area (Å²) < 4.78 is 1.88. The van der Waals surface area contributed by atoms with E-state index in [1.807, 2.05) is 35.0 Å². The first kappa shape index (κ1) is 26.3. The van der Waals surface area contributed by atoms with Crippen molar-refractivity contribution in [2.75, 3.05) is 23.7 Å². The van der Waals surface area contributed by atoms with Gasteiger partial charge in [-0.15, -0.1) is 23.1 Å². The van der Waals surface area contributed by atoms with Crippen LogP contribution in [-0.2, 0) is 9.59 Å². The smallest absolute Gasteiger partial charge is 0.240 e. The lowest BCUT2D eigenvalue weighted by Gasteiger charge is -2.24. The molecule has 2 aromatic carbocycles. The fourth-order valence-electron chi connectivity index (χ4n) is 4.72. The Balaban J connectivity index is 1.77. The quantitative estimate of drug-likeness (QED) is 0.303. The van der Waals surface area contributed by atoms with E-state index in [9.17, 15) is 9.59 Å². The highest BCUT2D eigenvalue weighted by molar-refractivity contribution is 8.00. The van der Waals surface area contributed by atoms with Gasteiger partial charge < -0.3 is 5.32 Å². The van der Waals surface area contributed by atoms with Crippen molar-refractivity contribution in [1.29, 1.82) is 0 Å². The Morgan fingerprint density at radius 3 is 2.58 bits per heavy atom. The molecule has 0 radical (unpaired) electrons. The Bertz CT molecular complexity index is 1440. The maximum atomic E-state index is 13.7. The second-order valence-electron chi connectivity index (χ2n) is 10.0. The summed E-state index contributed by atoms with van der Waals surface area (Å²) in [5.41, 5.74) is 5.87. The minimum Gasteiger partial charge on any atom is -0.354 e. The fourth-order valence-corrected chi connectivity index (χ4v) is 6.90. The molecule has 2 amide bonds. The number of rotatable bonds is 7. The summed E-state index contributed by atoms with van der Waals surface area (Å²) >= 11 is 3.28. The second-order valence-corrected chi connectivity index (χ2v) is 12.1. The predicted molar refractivity (Wildman–Crippen MR) is 157 cm³/mol. The molecule has 3 heterocycles. The molecule has 1 atom stereocenters. The number of thiophene rings is 1. The van der Waals surface area contributed by atoms with Gasteiger partial charge in [-0.2, -0.15) is 5.10 Å². The van der Waals surface area contributed by atoms with E-state index in [-0.39, 0.29) is 29.4 Å². The van der Waals surface area contributed by atoms with Crippen LogP contribution in [0, 0.1) is 19.8 Å². The monoisotopic (exact) mass is 544 g/mol. The van der Waals surface area contributed by atoms with Gasteiger partial charge in [0.25, 0.3) is 0 Å². The number of carbonyl (C=O) groups is 2. The molecule has 0 saturated carbocycles. The van der Waals surface area contributed by atoms with Crippen molar-refractivity contribution in [3.63, 3.8) is 0 Å². The van der Waals surface area contributed by atoms with E-state index in [2.05, 4.69) is 68.7 Å². The van der Waals surface area contributed by atoms with Gasteiger partial charge >= 0.3 is 0 Å². The summed E-state index contributed by atoms with van der Waals surface area (Å²) in [5, 5.41) is 10.1. The highest BCUT2D eigenvalue weighted by atomic mass is 32.2. The summed E-state index contributed by atoms with van der Waals surface area (Å²) in [6, 6.07) is 20.5. The summed E-state index contributed by atoms with van der Waals surface area (Å²) in [4.78, 5) is 29.6. The largest absolute Gasteiger partial charge is 0.354 e. The van der Waals surface area contributed by atoms with Gasteiger partial charge in [0.2, 0.25) is 11.8 Å². The molecule has 6 nitrogen and oxygen atoms in total. The van der Waals surface area contributed by atoms with Gasteiger partial charge in [-0.3, -0.25) is 14.5 Å². The molecule has 0 unspecified atom stereocenters. The molecule has 196 valence electrons. The van der Waals surface area contributed by atoms with Crippen molar-refractivity contribution in [3.8, 4) is 16.9 Å². The molecule has 0 bridgehead atoms. The third-order valence-electron chi connectivity index (χ3n) is 6.53. The lowest BCUT2D eigenvalue weighted by molar-refractivity contribution is -0.123. The zero-order valence-electron chi connectivity index (χ0n) is 22.1. The third kappa shape index (κ3) is 5.28. The maximum Gasteiger partial charge on any atom is 0.240 e. The zero-order valence-corrected chi connectivity index (χ0v) is 23.7. The number of aromatic nitrogens is 2. The van der Waals surface area contributed by atoms with E-state index in [4.69, 9.17) is 5.10 Å². The van der Waals surface area contributed by atoms with Crippen LogP contribution in [0.15, 0.2) is 66.0 Å². The Morgan fingerprint density at radius 2 is 1.89 bits per heavy atom. The SMILES string of the molecule is Cc1ccc(-n2nc(-c3ccccc3)c3c2N(CC(=O)NCC(C)C)C(=O)CS[C@H]3c2cccs2)c(C)c1. The molecule has 1 aliphatic heterocycles. The van der Waals surface area contributed by atoms with Gasteiger partial charge in [-0.1, -0.05) is 67.9 Å². The van der Waals surface area contributed by atoms with Gasteiger partial charge in [0.1, 0.15) is 12.4 Å². The van der Waals surface area contributed by atoms with E-state index < -0.39 is 0 Å². The average molecular weight is 545 g/mol. The number of nitrogens with one attached hydrogen (secondary N) is 1. The number of thioether (sulfide) groups is 1. The first-order chi connectivity index (χ1) is 18.3. The first-order valence-corrected chi connectivity index (χ1v) is 14.7. The summed E-state index contributed by atoms with van der Waals surface area (Å²) in [6.07, 6.45) is 0. The standard InChI is InChI=1S/C30H32N4O2S2/c1-19(2)16-31-25(35)17-33-26(36)18-38-29(24-11-8-14-37-24)27-28(22-9-6-5-7-10-22)32-34(30(27)33)23-13-12-20(3)15-21(23)4/h5-15,19,29H,16-18H2,1-4H3,(H,31,35)/t29-/m0/s1. The number of amides is 2. The topological polar surface area (TPSA) is 67.2 Å². The van der Waals surface area contributed by atoms with Gasteiger partial charge in [-0.05, 0) is 42.8 Å². The molecule has 5 rings (SSSR count). The van der Waals surface area contributed by atoms with Crippen LogP contribution in [0.4, 0.5) is 5.82 Å². The van der Waals surface area contributed by atoms with Gasteiger partial charge in [0, 0.05) is 22.5 Å². The van der Waals surface area contributed by atoms with Crippen LogP contribution in [-0.4, -0.2) is 40.4 Å². The lowest BCUT2D eigenvalue weighted by Crippen LogP contribution is -2.43. The van der Waals surface area contributed by atoms with E-state index in [0.29, 0.717) is 18.3 Å². The minimum atomic E-state index is -0.174. The minimum absolute atomic E-state index is 0.0545. The van der Waals surface area contributed by atoms with E-state index in [0.717, 1.165) is 38.5 Å². The van der Waals surface area contributed by atoms with Crippen molar-refractivity contribution in [2.45, 2.75) is 32.9 Å². The summed E-state index contributed by atoms with van der Waals surface area (Å²) in [7, 11) is 0. The summed E-state index contributed by atoms with van der Waals surface area (Å²) in [6.45, 7) is 8.74. The molecular formula is C30H32N4O2S2. The molecule has 0 aliphatic carbocycles. The number of benzene rings is 2. The number of carbonyl (C=O) groups excluding carboxylic acids is 2. The Labute approximate surface area is 232 Å². The first-order valence-electron chi connectivity index (χ1n) is 12.8. The van der Waals surface area contributed by atoms with Crippen LogP contribution in [0.5, 0.6) is 0 Å². The third-order valence-corrected chi connectivity index (χ3v) is 8.85. The number of fused-ring (bicyclic) bond motifs is 1. The number of hydrogen-bond acceptors (Lipinski definition) is 5.